The fraction of sp³-hybridized carbons (Fsp3) is 0.562. The summed E-state index contributed by atoms with van der Waals surface area (Å²) in [6.07, 6.45) is 0. The molecule has 3 N–H and O–H groups in total. The van der Waals surface area contributed by atoms with Crippen LogP contribution in [0.15, 0.2) is 24.3 Å². The molecule has 0 aliphatic rings. The van der Waals surface area contributed by atoms with Gasteiger partial charge in [-0.1, -0.05) is 32.9 Å². The van der Waals surface area contributed by atoms with Gasteiger partial charge in [-0.25, -0.2) is 0 Å². The van der Waals surface area contributed by atoms with Gasteiger partial charge in [0.2, 0.25) is 5.91 Å². The van der Waals surface area contributed by atoms with E-state index in [0.29, 0.717) is 13.2 Å². The molecule has 1 aromatic rings. The molecule has 0 bridgehead atoms. The molecule has 112 valence electrons. The number of rotatable bonds is 5. The van der Waals surface area contributed by atoms with Crippen molar-refractivity contribution in [1.29, 1.82) is 0 Å². The van der Waals surface area contributed by atoms with Crippen molar-refractivity contribution in [3.63, 3.8) is 0 Å². The van der Waals surface area contributed by atoms with Crippen molar-refractivity contribution in [3.05, 3.63) is 29.8 Å². The minimum Gasteiger partial charge on any atom is -0.492 e. The second kappa shape index (κ2) is 6.27. The minimum atomic E-state index is -0.855. The number of nitrogens with two attached hydrogens (primary N) is 1. The zero-order chi connectivity index (χ0) is 15.4. The maximum Gasteiger partial charge on any atom is 0.239 e. The first-order valence-electron chi connectivity index (χ1n) is 6.91. The summed E-state index contributed by atoms with van der Waals surface area (Å²) in [6.45, 7) is 10.7. The molecule has 0 aliphatic carbocycles. The van der Waals surface area contributed by atoms with E-state index >= 15 is 0 Å². The van der Waals surface area contributed by atoms with E-state index in [-0.39, 0.29) is 11.3 Å². The summed E-state index contributed by atoms with van der Waals surface area (Å²) in [5.41, 5.74) is 6.15. The predicted molar refractivity (Wildman–Crippen MR) is 81.9 cm³/mol. The number of hydrogen-bond donors (Lipinski definition) is 2. The smallest absolute Gasteiger partial charge is 0.239 e. The second-order valence-electron chi connectivity index (χ2n) is 6.60. The van der Waals surface area contributed by atoms with E-state index in [1.807, 2.05) is 18.2 Å². The van der Waals surface area contributed by atoms with Crippen LogP contribution in [0, 0.1) is 0 Å². The summed E-state index contributed by atoms with van der Waals surface area (Å²) in [6, 6.07) is 8.03. The zero-order valence-corrected chi connectivity index (χ0v) is 13.1. The highest BCUT2D eigenvalue weighted by Gasteiger charge is 2.20. The average molecular weight is 278 g/mol. The van der Waals surface area contributed by atoms with Crippen LogP contribution in [0.2, 0.25) is 0 Å². The number of amides is 1. The van der Waals surface area contributed by atoms with Crippen LogP contribution in [-0.2, 0) is 10.2 Å². The third-order valence-corrected chi connectivity index (χ3v) is 2.94. The van der Waals surface area contributed by atoms with Crippen molar-refractivity contribution in [2.45, 2.75) is 45.6 Å². The zero-order valence-electron chi connectivity index (χ0n) is 13.1. The van der Waals surface area contributed by atoms with Crippen LogP contribution in [-0.4, -0.2) is 24.6 Å². The molecule has 4 heteroatoms. The molecule has 0 aliphatic heterocycles. The molecule has 0 saturated carbocycles. The van der Waals surface area contributed by atoms with Crippen LogP contribution in [0.25, 0.3) is 0 Å². The molecule has 1 aromatic carbocycles. The van der Waals surface area contributed by atoms with Gasteiger partial charge in [0, 0.05) is 0 Å². The number of ether oxygens (including phenoxy) is 1. The lowest BCUT2D eigenvalue weighted by atomic mass is 9.87. The molecule has 1 rings (SSSR count). The summed E-state index contributed by atoms with van der Waals surface area (Å²) in [5, 5.41) is 2.75. The Morgan fingerprint density at radius 1 is 1.25 bits per heavy atom. The van der Waals surface area contributed by atoms with Gasteiger partial charge in [-0.15, -0.1) is 0 Å². The van der Waals surface area contributed by atoms with Gasteiger partial charge in [0.15, 0.2) is 0 Å². The third kappa shape index (κ3) is 5.21. The highest BCUT2D eigenvalue weighted by Crippen LogP contribution is 2.25. The lowest BCUT2D eigenvalue weighted by molar-refractivity contribution is -0.125. The fourth-order valence-electron chi connectivity index (χ4n) is 1.61. The highest BCUT2D eigenvalue weighted by atomic mass is 16.5. The van der Waals surface area contributed by atoms with E-state index in [1.54, 1.807) is 13.8 Å². The third-order valence-electron chi connectivity index (χ3n) is 2.94. The fourth-order valence-corrected chi connectivity index (χ4v) is 1.61. The van der Waals surface area contributed by atoms with Crippen molar-refractivity contribution in [2.75, 3.05) is 13.2 Å². The number of nitrogens with one attached hydrogen (secondary N) is 1. The molecule has 0 unspecified atom stereocenters. The Kier molecular flexibility index (Phi) is 5.17. The van der Waals surface area contributed by atoms with Gasteiger partial charge >= 0.3 is 0 Å². The maximum absolute atomic E-state index is 11.6. The van der Waals surface area contributed by atoms with Gasteiger partial charge in [-0.2, -0.15) is 0 Å². The number of carbonyl (C=O) groups excluding carboxylic acids is 1. The SMILES string of the molecule is CC(C)(N)C(=O)NCCOc1cccc(C(C)(C)C)c1. The number of benzene rings is 1. The molecule has 0 saturated heterocycles. The predicted octanol–water partition coefficient (Wildman–Crippen LogP) is 2.22. The standard InChI is InChI=1S/C16H26N2O2/c1-15(2,3)12-7-6-8-13(11-12)20-10-9-18-14(19)16(4,5)17/h6-8,11H,9-10,17H2,1-5H3,(H,18,19). The Morgan fingerprint density at radius 3 is 2.45 bits per heavy atom. The highest BCUT2D eigenvalue weighted by molar-refractivity contribution is 5.84. The monoisotopic (exact) mass is 278 g/mol. The van der Waals surface area contributed by atoms with Gasteiger partial charge in [0.1, 0.15) is 12.4 Å². The van der Waals surface area contributed by atoms with Crippen LogP contribution in [0.1, 0.15) is 40.2 Å². The van der Waals surface area contributed by atoms with Crippen molar-refractivity contribution in [2.24, 2.45) is 5.73 Å². The van der Waals surface area contributed by atoms with Crippen molar-refractivity contribution >= 4 is 5.91 Å². The lowest BCUT2D eigenvalue weighted by Crippen LogP contribution is -2.49. The molecule has 0 radical (unpaired) electrons. The van der Waals surface area contributed by atoms with E-state index in [9.17, 15) is 4.79 Å². The van der Waals surface area contributed by atoms with Crippen LogP contribution < -0.4 is 15.8 Å². The molecule has 1 amide bonds. The largest absolute Gasteiger partial charge is 0.492 e. The average Bonchev–Trinajstić information content (AvgIpc) is 2.32. The van der Waals surface area contributed by atoms with E-state index < -0.39 is 5.54 Å². The molecular formula is C16H26N2O2. The van der Waals surface area contributed by atoms with Gasteiger partial charge in [0.05, 0.1) is 12.1 Å². The summed E-state index contributed by atoms with van der Waals surface area (Å²) < 4.78 is 5.65. The summed E-state index contributed by atoms with van der Waals surface area (Å²) >= 11 is 0. The normalized spacial score (nSPS) is 12.1. The van der Waals surface area contributed by atoms with Gasteiger partial charge in [0.25, 0.3) is 0 Å². The quantitative estimate of drug-likeness (QED) is 0.812. The molecular weight excluding hydrogens is 252 g/mol. The first-order valence-corrected chi connectivity index (χ1v) is 6.91. The molecule has 0 spiro atoms. The van der Waals surface area contributed by atoms with Crippen LogP contribution in [0.4, 0.5) is 0 Å². The summed E-state index contributed by atoms with van der Waals surface area (Å²) in [5.74, 6) is 0.642. The van der Waals surface area contributed by atoms with Crippen molar-refractivity contribution in [3.8, 4) is 5.75 Å². The second-order valence-corrected chi connectivity index (χ2v) is 6.60. The first-order chi connectivity index (χ1) is 9.10. The van der Waals surface area contributed by atoms with E-state index in [2.05, 4.69) is 32.2 Å². The number of carbonyl (C=O) groups is 1. The molecule has 0 fully saturated rings. The Balaban J connectivity index is 2.46. The number of hydrogen-bond acceptors (Lipinski definition) is 3. The molecule has 0 aromatic heterocycles. The van der Waals surface area contributed by atoms with Crippen LogP contribution in [0.3, 0.4) is 0 Å². The molecule has 4 nitrogen and oxygen atoms in total. The van der Waals surface area contributed by atoms with Gasteiger partial charge < -0.3 is 15.8 Å². The van der Waals surface area contributed by atoms with Crippen molar-refractivity contribution < 1.29 is 9.53 Å². The molecule has 20 heavy (non-hydrogen) atoms. The van der Waals surface area contributed by atoms with E-state index in [0.717, 1.165) is 5.75 Å². The van der Waals surface area contributed by atoms with Gasteiger partial charge in [-0.05, 0) is 37.0 Å². The van der Waals surface area contributed by atoms with Gasteiger partial charge in [-0.3, -0.25) is 4.79 Å². The minimum absolute atomic E-state index is 0.0944. The van der Waals surface area contributed by atoms with Crippen LogP contribution >= 0.6 is 0 Å². The lowest BCUT2D eigenvalue weighted by Gasteiger charge is -2.20. The Morgan fingerprint density at radius 2 is 1.90 bits per heavy atom. The summed E-state index contributed by atoms with van der Waals surface area (Å²) in [7, 11) is 0. The van der Waals surface area contributed by atoms with Crippen molar-refractivity contribution in [1.82, 2.24) is 5.32 Å². The van der Waals surface area contributed by atoms with E-state index in [1.165, 1.54) is 5.56 Å². The Bertz CT molecular complexity index is 456. The molecule has 0 atom stereocenters. The topological polar surface area (TPSA) is 64.4 Å². The van der Waals surface area contributed by atoms with E-state index in [4.69, 9.17) is 10.5 Å². The maximum atomic E-state index is 11.6. The first kappa shape index (κ1) is 16.5. The Labute approximate surface area is 121 Å². The Hall–Kier alpha value is -1.55. The summed E-state index contributed by atoms with van der Waals surface area (Å²) in [4.78, 5) is 11.6. The van der Waals surface area contributed by atoms with Crippen LogP contribution in [0.5, 0.6) is 5.75 Å². The molecule has 0 heterocycles.